The number of aliphatic hydroxyl groups is 1. The number of hydrogen-bond donors (Lipinski definition) is 2. The molecule has 0 spiro atoms. The molecule has 0 radical (unpaired) electrons. The third kappa shape index (κ3) is 1.49. The second-order valence-corrected chi connectivity index (χ2v) is 4.61. The summed E-state index contributed by atoms with van der Waals surface area (Å²) in [7, 11) is 2.03. The number of nitrogens with zero attached hydrogens (tertiary/aromatic N) is 1. The molecule has 0 amide bonds. The second-order valence-electron chi connectivity index (χ2n) is 4.61. The molecule has 0 aliphatic carbocycles. The Morgan fingerprint density at radius 3 is 2.50 bits per heavy atom. The van der Waals surface area contributed by atoms with Crippen molar-refractivity contribution in [2.45, 2.75) is 25.9 Å². The topological polar surface area (TPSA) is 49.5 Å². The van der Waals surface area contributed by atoms with Crippen LogP contribution in [-0.2, 0) is 0 Å². The van der Waals surface area contributed by atoms with Crippen molar-refractivity contribution in [3.05, 3.63) is 0 Å². The van der Waals surface area contributed by atoms with E-state index in [-0.39, 0.29) is 5.41 Å². The van der Waals surface area contributed by atoms with E-state index in [2.05, 4.69) is 4.90 Å². The minimum absolute atomic E-state index is 0.169. The van der Waals surface area contributed by atoms with Crippen molar-refractivity contribution in [1.29, 1.82) is 0 Å². The van der Waals surface area contributed by atoms with Gasteiger partial charge in [0.2, 0.25) is 0 Å². The van der Waals surface area contributed by atoms with Crippen LogP contribution in [0, 0.1) is 5.41 Å². The molecule has 0 aromatic heterocycles. The van der Waals surface area contributed by atoms with E-state index in [1.165, 1.54) is 0 Å². The van der Waals surface area contributed by atoms with Crippen LogP contribution in [-0.4, -0.2) is 42.3 Å². The minimum atomic E-state index is -0.587. The number of nitrogens with two attached hydrogens (primary N) is 1. The zero-order valence-electron chi connectivity index (χ0n) is 8.30. The summed E-state index contributed by atoms with van der Waals surface area (Å²) < 4.78 is 0. The van der Waals surface area contributed by atoms with Crippen molar-refractivity contribution in [1.82, 2.24) is 4.90 Å². The predicted molar refractivity (Wildman–Crippen MR) is 49.9 cm³/mol. The Bertz CT molecular complexity index is 170. The van der Waals surface area contributed by atoms with E-state index in [0.29, 0.717) is 6.54 Å². The van der Waals surface area contributed by atoms with E-state index in [4.69, 9.17) is 5.73 Å². The van der Waals surface area contributed by atoms with Gasteiger partial charge in [-0.25, -0.2) is 0 Å². The van der Waals surface area contributed by atoms with Crippen LogP contribution in [0.25, 0.3) is 0 Å². The van der Waals surface area contributed by atoms with Gasteiger partial charge in [-0.15, -0.1) is 0 Å². The second kappa shape index (κ2) is 2.98. The van der Waals surface area contributed by atoms with Gasteiger partial charge < -0.3 is 15.7 Å². The first-order chi connectivity index (χ1) is 5.41. The quantitative estimate of drug-likeness (QED) is 0.618. The number of likely N-dealkylation sites (tertiary alicyclic amines) is 1. The first kappa shape index (κ1) is 9.96. The summed E-state index contributed by atoms with van der Waals surface area (Å²) in [6.07, 6.45) is 0.841. The number of likely N-dealkylation sites (N-methyl/N-ethyl adjacent to an activating group) is 1. The Morgan fingerprint density at radius 2 is 2.17 bits per heavy atom. The highest BCUT2D eigenvalue weighted by molar-refractivity contribution is 5.00. The minimum Gasteiger partial charge on any atom is -0.388 e. The maximum absolute atomic E-state index is 10.3. The molecule has 1 rings (SSSR count). The Balaban J connectivity index is 2.72. The highest BCUT2D eigenvalue weighted by atomic mass is 16.3. The van der Waals surface area contributed by atoms with E-state index < -0.39 is 5.60 Å². The van der Waals surface area contributed by atoms with Crippen LogP contribution >= 0.6 is 0 Å². The molecule has 0 saturated carbocycles. The number of β-amino-alcohol motifs (C(OH)–C–C–N with tert-alkyl or cyclic N) is 1. The summed E-state index contributed by atoms with van der Waals surface area (Å²) in [6, 6.07) is 0. The zero-order valence-corrected chi connectivity index (χ0v) is 8.30. The third-order valence-corrected chi connectivity index (χ3v) is 3.21. The monoisotopic (exact) mass is 172 g/mol. The normalized spacial score (nSPS) is 32.8. The Morgan fingerprint density at radius 1 is 1.58 bits per heavy atom. The maximum Gasteiger partial charge on any atom is 0.0848 e. The van der Waals surface area contributed by atoms with E-state index in [1.807, 2.05) is 20.9 Å². The van der Waals surface area contributed by atoms with Crippen molar-refractivity contribution < 1.29 is 5.11 Å². The van der Waals surface area contributed by atoms with E-state index >= 15 is 0 Å². The number of rotatable bonds is 2. The Kier molecular flexibility index (Phi) is 2.47. The van der Waals surface area contributed by atoms with Crippen LogP contribution in [0.2, 0.25) is 0 Å². The zero-order chi connectivity index (χ0) is 9.41. The van der Waals surface area contributed by atoms with Gasteiger partial charge in [-0.1, -0.05) is 13.8 Å². The fourth-order valence-corrected chi connectivity index (χ4v) is 1.72. The van der Waals surface area contributed by atoms with Crippen molar-refractivity contribution in [2.24, 2.45) is 11.1 Å². The maximum atomic E-state index is 10.3. The molecular formula is C9H20N2O. The standard InChI is InChI=1S/C9H20N2O/c1-8(2,6-10)9(12)4-5-11(3)7-9/h12H,4-7,10H2,1-3H3. The molecule has 3 nitrogen and oxygen atoms in total. The van der Waals surface area contributed by atoms with Gasteiger partial charge in [0, 0.05) is 25.0 Å². The molecule has 1 heterocycles. The van der Waals surface area contributed by atoms with Gasteiger partial charge >= 0.3 is 0 Å². The summed E-state index contributed by atoms with van der Waals surface area (Å²) in [4.78, 5) is 2.15. The molecule has 1 aliphatic heterocycles. The highest BCUT2D eigenvalue weighted by Gasteiger charge is 2.46. The lowest BCUT2D eigenvalue weighted by Crippen LogP contribution is -2.50. The van der Waals surface area contributed by atoms with Gasteiger partial charge in [0.1, 0.15) is 0 Å². The molecule has 1 atom stereocenters. The van der Waals surface area contributed by atoms with Crippen molar-refractivity contribution in [3.63, 3.8) is 0 Å². The van der Waals surface area contributed by atoms with Crippen LogP contribution in [0.15, 0.2) is 0 Å². The van der Waals surface area contributed by atoms with Crippen molar-refractivity contribution in [2.75, 3.05) is 26.7 Å². The molecule has 1 saturated heterocycles. The average molecular weight is 172 g/mol. The number of hydrogen-bond acceptors (Lipinski definition) is 3. The lowest BCUT2D eigenvalue weighted by Gasteiger charge is -2.38. The van der Waals surface area contributed by atoms with E-state index in [9.17, 15) is 5.11 Å². The van der Waals surface area contributed by atoms with Gasteiger partial charge in [0.05, 0.1) is 5.60 Å². The van der Waals surface area contributed by atoms with Crippen LogP contribution in [0.4, 0.5) is 0 Å². The van der Waals surface area contributed by atoms with Gasteiger partial charge in [0.25, 0.3) is 0 Å². The lowest BCUT2D eigenvalue weighted by molar-refractivity contribution is -0.0509. The lowest BCUT2D eigenvalue weighted by atomic mass is 9.74. The van der Waals surface area contributed by atoms with Gasteiger partial charge in [-0.2, -0.15) is 0 Å². The molecule has 12 heavy (non-hydrogen) atoms. The summed E-state index contributed by atoms with van der Waals surface area (Å²) in [6.45, 7) is 6.33. The summed E-state index contributed by atoms with van der Waals surface area (Å²) in [5.74, 6) is 0. The van der Waals surface area contributed by atoms with E-state index in [0.717, 1.165) is 19.5 Å². The summed E-state index contributed by atoms with van der Waals surface area (Å²) in [5.41, 5.74) is 4.88. The molecule has 1 aliphatic rings. The van der Waals surface area contributed by atoms with Crippen LogP contribution in [0.3, 0.4) is 0 Å². The van der Waals surface area contributed by atoms with Gasteiger partial charge in [0.15, 0.2) is 0 Å². The van der Waals surface area contributed by atoms with Crippen LogP contribution < -0.4 is 5.73 Å². The van der Waals surface area contributed by atoms with Crippen molar-refractivity contribution >= 4 is 0 Å². The van der Waals surface area contributed by atoms with Crippen LogP contribution in [0.5, 0.6) is 0 Å². The third-order valence-electron chi connectivity index (χ3n) is 3.21. The molecule has 0 aromatic rings. The smallest absolute Gasteiger partial charge is 0.0848 e. The predicted octanol–water partition coefficient (Wildman–Crippen LogP) is 0.0379. The Labute approximate surface area is 74.5 Å². The van der Waals surface area contributed by atoms with Gasteiger partial charge in [-0.3, -0.25) is 0 Å². The Hall–Kier alpha value is -0.120. The SMILES string of the molecule is CN1CCC(O)(C(C)(C)CN)C1. The largest absolute Gasteiger partial charge is 0.388 e. The molecule has 1 unspecified atom stereocenters. The first-order valence-electron chi connectivity index (χ1n) is 4.52. The summed E-state index contributed by atoms with van der Waals surface area (Å²) >= 11 is 0. The van der Waals surface area contributed by atoms with Crippen LogP contribution in [0.1, 0.15) is 20.3 Å². The fourth-order valence-electron chi connectivity index (χ4n) is 1.72. The molecule has 3 N–H and O–H groups in total. The van der Waals surface area contributed by atoms with Crippen molar-refractivity contribution in [3.8, 4) is 0 Å². The average Bonchev–Trinajstić information content (AvgIpc) is 2.33. The summed E-state index contributed by atoms with van der Waals surface area (Å²) in [5, 5.41) is 10.3. The van der Waals surface area contributed by atoms with Gasteiger partial charge in [-0.05, 0) is 13.5 Å². The molecule has 0 bridgehead atoms. The molecule has 0 aromatic carbocycles. The van der Waals surface area contributed by atoms with E-state index in [1.54, 1.807) is 0 Å². The fraction of sp³-hybridized carbons (Fsp3) is 1.00. The first-order valence-corrected chi connectivity index (χ1v) is 4.52. The molecule has 72 valence electrons. The highest BCUT2D eigenvalue weighted by Crippen LogP contribution is 2.36. The molecular weight excluding hydrogens is 152 g/mol. The molecule has 1 fully saturated rings. The molecule has 3 heteroatoms.